The lowest BCUT2D eigenvalue weighted by Gasteiger charge is -2.14. The first kappa shape index (κ1) is 24.6. The summed E-state index contributed by atoms with van der Waals surface area (Å²) in [7, 11) is 0. The second-order valence-corrected chi connectivity index (χ2v) is 10.1. The Morgan fingerprint density at radius 1 is 0.872 bits per heavy atom. The van der Waals surface area contributed by atoms with Gasteiger partial charge >= 0.3 is 0 Å². The number of allylic oxidation sites excluding steroid dienone is 7. The van der Waals surface area contributed by atoms with Gasteiger partial charge in [0.05, 0.1) is 5.52 Å². The van der Waals surface area contributed by atoms with Gasteiger partial charge in [-0.2, -0.15) is 0 Å². The van der Waals surface area contributed by atoms with Gasteiger partial charge in [0.2, 0.25) is 0 Å². The van der Waals surface area contributed by atoms with Gasteiger partial charge in [-0.15, -0.1) is 0 Å². The largest absolute Gasteiger partial charge is 0.256 e. The second-order valence-electron chi connectivity index (χ2n) is 10.1. The monoisotopic (exact) mass is 501 g/mol. The van der Waals surface area contributed by atoms with E-state index in [1.165, 1.54) is 49.7 Å². The molecule has 4 aromatic carbocycles. The average molecular weight is 502 g/mol. The standard InChI is InChI=1S/C38H31N/c1-5-10-33-27(6-2)23-30-18-19-31(24-37(30)33)34-21-20-32(35-12-7-8-13-36(34)35)25(3)14-15-28-16-17-29-11-9-22-39-38(29)26(28)4/h5-22,24H,2-3,23H2,1,4H3/b10-5-,15-14-. The lowest BCUT2D eigenvalue weighted by molar-refractivity contribution is 1.25. The summed E-state index contributed by atoms with van der Waals surface area (Å²) in [6.07, 6.45) is 13.4. The number of hydrogen-bond donors (Lipinski definition) is 0. The first-order chi connectivity index (χ1) is 19.1. The SMILES string of the molecule is C=CC1=C(/C=C\C)c2cc(-c3ccc(C(=C)/C=C\c4ccc5cccnc5c4C)c4ccccc34)ccc2C1. The van der Waals surface area contributed by atoms with Crippen molar-refractivity contribution < 1.29 is 0 Å². The smallest absolute Gasteiger partial charge is 0.0737 e. The van der Waals surface area contributed by atoms with Gasteiger partial charge in [-0.1, -0.05) is 110 Å². The number of pyridine rings is 1. The van der Waals surface area contributed by atoms with E-state index in [0.717, 1.165) is 34.0 Å². The van der Waals surface area contributed by atoms with Crippen LogP contribution >= 0.6 is 0 Å². The maximum Gasteiger partial charge on any atom is 0.0737 e. The van der Waals surface area contributed by atoms with E-state index in [1.807, 2.05) is 18.3 Å². The van der Waals surface area contributed by atoms with Crippen LogP contribution in [0, 0.1) is 6.92 Å². The van der Waals surface area contributed by atoms with E-state index in [-0.39, 0.29) is 0 Å². The van der Waals surface area contributed by atoms with E-state index in [1.54, 1.807) is 0 Å². The molecule has 0 saturated heterocycles. The molecular weight excluding hydrogens is 470 g/mol. The van der Waals surface area contributed by atoms with Gasteiger partial charge < -0.3 is 0 Å². The zero-order chi connectivity index (χ0) is 26.9. The molecule has 5 aromatic rings. The Morgan fingerprint density at radius 3 is 2.54 bits per heavy atom. The highest BCUT2D eigenvalue weighted by atomic mass is 14.6. The van der Waals surface area contributed by atoms with Crippen molar-refractivity contribution in [3.63, 3.8) is 0 Å². The molecule has 1 aromatic heterocycles. The van der Waals surface area contributed by atoms with Gasteiger partial charge in [0.15, 0.2) is 0 Å². The zero-order valence-corrected chi connectivity index (χ0v) is 22.5. The van der Waals surface area contributed by atoms with Gasteiger partial charge in [0, 0.05) is 11.6 Å². The summed E-state index contributed by atoms with van der Waals surface area (Å²) in [5.41, 5.74) is 13.2. The van der Waals surface area contributed by atoms with Gasteiger partial charge in [0.1, 0.15) is 0 Å². The molecule has 1 heterocycles. The summed E-state index contributed by atoms with van der Waals surface area (Å²) in [6.45, 7) is 12.7. The molecule has 0 bridgehead atoms. The van der Waals surface area contributed by atoms with E-state index in [2.05, 4.69) is 129 Å². The van der Waals surface area contributed by atoms with Crippen molar-refractivity contribution in [2.24, 2.45) is 0 Å². The average Bonchev–Trinajstić information content (AvgIpc) is 3.33. The second kappa shape index (κ2) is 10.2. The fraction of sp³-hybridized carbons (Fsp3) is 0.0789. The third kappa shape index (κ3) is 4.36. The van der Waals surface area contributed by atoms with Crippen molar-refractivity contribution in [1.29, 1.82) is 0 Å². The van der Waals surface area contributed by atoms with Crippen molar-refractivity contribution in [3.8, 4) is 11.1 Å². The Kier molecular flexibility index (Phi) is 6.42. The first-order valence-electron chi connectivity index (χ1n) is 13.4. The van der Waals surface area contributed by atoms with Crippen LogP contribution in [-0.4, -0.2) is 4.98 Å². The molecule has 0 atom stereocenters. The Labute approximate surface area is 230 Å². The molecule has 1 heteroatoms. The van der Waals surface area contributed by atoms with E-state index in [9.17, 15) is 0 Å². The lowest BCUT2D eigenvalue weighted by atomic mass is 9.90. The summed E-state index contributed by atoms with van der Waals surface area (Å²) in [5, 5.41) is 3.60. The Bertz CT molecular complexity index is 1880. The van der Waals surface area contributed by atoms with Crippen molar-refractivity contribution in [3.05, 3.63) is 156 Å². The number of aryl methyl sites for hydroxylation is 1. The first-order valence-corrected chi connectivity index (χ1v) is 13.4. The molecule has 0 aliphatic heterocycles. The summed E-state index contributed by atoms with van der Waals surface area (Å²) in [6, 6.07) is 28.3. The van der Waals surface area contributed by atoms with E-state index < -0.39 is 0 Å². The number of rotatable bonds is 6. The molecule has 0 saturated carbocycles. The Morgan fingerprint density at radius 2 is 1.72 bits per heavy atom. The molecule has 1 nitrogen and oxygen atoms in total. The maximum absolute atomic E-state index is 4.58. The molecule has 1 aliphatic rings. The molecule has 39 heavy (non-hydrogen) atoms. The third-order valence-corrected chi connectivity index (χ3v) is 7.82. The minimum absolute atomic E-state index is 0.942. The highest BCUT2D eigenvalue weighted by molar-refractivity contribution is 6.04. The molecule has 6 rings (SSSR count). The summed E-state index contributed by atoms with van der Waals surface area (Å²) < 4.78 is 0. The number of hydrogen-bond acceptors (Lipinski definition) is 1. The fourth-order valence-corrected chi connectivity index (χ4v) is 5.77. The number of benzene rings is 4. The van der Waals surface area contributed by atoms with Crippen LogP contribution in [-0.2, 0) is 6.42 Å². The highest BCUT2D eigenvalue weighted by Gasteiger charge is 2.19. The van der Waals surface area contributed by atoms with Crippen molar-refractivity contribution in [2.75, 3.05) is 0 Å². The fourth-order valence-electron chi connectivity index (χ4n) is 5.77. The Hall–Kier alpha value is -4.75. The van der Waals surface area contributed by atoms with Crippen LogP contribution in [0.5, 0.6) is 0 Å². The quantitative estimate of drug-likeness (QED) is 0.211. The van der Waals surface area contributed by atoms with Crippen LogP contribution in [0.25, 0.3) is 50.0 Å². The van der Waals surface area contributed by atoms with E-state index >= 15 is 0 Å². The molecule has 188 valence electrons. The lowest BCUT2D eigenvalue weighted by Crippen LogP contribution is -1.90. The van der Waals surface area contributed by atoms with Crippen LogP contribution in [0.3, 0.4) is 0 Å². The summed E-state index contributed by atoms with van der Waals surface area (Å²) in [4.78, 5) is 4.58. The van der Waals surface area contributed by atoms with E-state index in [0.29, 0.717) is 0 Å². The van der Waals surface area contributed by atoms with Crippen molar-refractivity contribution in [1.82, 2.24) is 4.98 Å². The number of aromatic nitrogens is 1. The van der Waals surface area contributed by atoms with Crippen LogP contribution < -0.4 is 0 Å². The van der Waals surface area contributed by atoms with Gasteiger partial charge in [-0.05, 0) is 98.8 Å². The van der Waals surface area contributed by atoms with Crippen molar-refractivity contribution in [2.45, 2.75) is 20.3 Å². The maximum atomic E-state index is 4.58. The minimum atomic E-state index is 0.942. The van der Waals surface area contributed by atoms with Crippen LogP contribution in [0.15, 0.2) is 128 Å². The summed E-state index contributed by atoms with van der Waals surface area (Å²) in [5.74, 6) is 0. The third-order valence-electron chi connectivity index (χ3n) is 7.82. The number of nitrogens with zero attached hydrogens (tertiary/aromatic N) is 1. The molecule has 0 spiro atoms. The topological polar surface area (TPSA) is 12.9 Å². The molecule has 1 aliphatic carbocycles. The van der Waals surface area contributed by atoms with Gasteiger partial charge in [0.25, 0.3) is 0 Å². The van der Waals surface area contributed by atoms with E-state index in [4.69, 9.17) is 0 Å². The van der Waals surface area contributed by atoms with Gasteiger partial charge in [-0.3, -0.25) is 4.98 Å². The van der Waals surface area contributed by atoms with Crippen LogP contribution in [0.1, 0.15) is 34.7 Å². The summed E-state index contributed by atoms with van der Waals surface area (Å²) >= 11 is 0. The molecule has 0 amide bonds. The molecule has 0 N–H and O–H groups in total. The number of fused-ring (bicyclic) bond motifs is 3. The zero-order valence-electron chi connectivity index (χ0n) is 22.5. The predicted octanol–water partition coefficient (Wildman–Crippen LogP) is 10.2. The normalized spacial score (nSPS) is 13.2. The Balaban J connectivity index is 1.39. The van der Waals surface area contributed by atoms with Crippen LogP contribution in [0.4, 0.5) is 0 Å². The molecule has 0 radical (unpaired) electrons. The van der Waals surface area contributed by atoms with Crippen LogP contribution in [0.2, 0.25) is 0 Å². The molecular formula is C38H31N. The van der Waals surface area contributed by atoms with Gasteiger partial charge in [-0.25, -0.2) is 0 Å². The minimum Gasteiger partial charge on any atom is -0.256 e. The molecule has 0 unspecified atom stereocenters. The highest BCUT2D eigenvalue weighted by Crippen LogP contribution is 2.39. The molecule has 0 fully saturated rings. The predicted molar refractivity (Wildman–Crippen MR) is 170 cm³/mol. The van der Waals surface area contributed by atoms with Crippen molar-refractivity contribution >= 4 is 38.9 Å².